The number of amides is 2. The Kier molecular flexibility index (Phi) is 9.39. The van der Waals surface area contributed by atoms with E-state index in [1.54, 1.807) is 19.1 Å². The highest BCUT2D eigenvalue weighted by Crippen LogP contribution is 2.37. The number of carbonyl (C=O) groups is 2. The monoisotopic (exact) mass is 543 g/mol. The standard InChI is InChI=1S/C29H37N3O5.ClH/c1-35-26-17-20-8-13-31(14-9-21(20)18-27(26)36-2)28(33)7-10-30-19-23-15-22-16-24(5-6-25(22)23)37-29(34)32-11-3-4-12-32;/h5-6,16-18,23,30H,3-4,7-15,19H2,1-2H3;1H. The number of halogens is 1. The van der Waals surface area contributed by atoms with Crippen molar-refractivity contribution in [2.45, 2.75) is 44.4 Å². The van der Waals surface area contributed by atoms with E-state index >= 15 is 0 Å². The molecule has 1 atom stereocenters. The largest absolute Gasteiger partial charge is 0.493 e. The van der Waals surface area contributed by atoms with Crippen LogP contribution >= 0.6 is 12.4 Å². The number of likely N-dealkylation sites (tertiary alicyclic amines) is 1. The van der Waals surface area contributed by atoms with E-state index in [0.717, 1.165) is 76.3 Å². The lowest BCUT2D eigenvalue weighted by atomic mass is 9.77. The van der Waals surface area contributed by atoms with Gasteiger partial charge in [0, 0.05) is 51.6 Å². The van der Waals surface area contributed by atoms with Gasteiger partial charge in [0.25, 0.3) is 0 Å². The predicted molar refractivity (Wildman–Crippen MR) is 148 cm³/mol. The van der Waals surface area contributed by atoms with Crippen molar-refractivity contribution in [2.75, 3.05) is 53.5 Å². The molecular formula is C29H38ClN3O5. The predicted octanol–water partition coefficient (Wildman–Crippen LogP) is 3.97. The minimum atomic E-state index is -0.243. The van der Waals surface area contributed by atoms with Gasteiger partial charge in [-0.2, -0.15) is 0 Å². The van der Waals surface area contributed by atoms with Gasteiger partial charge in [0.05, 0.1) is 14.2 Å². The maximum absolute atomic E-state index is 12.9. The van der Waals surface area contributed by atoms with Crippen molar-refractivity contribution in [1.29, 1.82) is 0 Å². The Morgan fingerprint density at radius 3 is 2.16 bits per heavy atom. The van der Waals surface area contributed by atoms with Crippen molar-refractivity contribution in [3.63, 3.8) is 0 Å². The first kappa shape index (κ1) is 28.0. The van der Waals surface area contributed by atoms with E-state index in [4.69, 9.17) is 14.2 Å². The summed E-state index contributed by atoms with van der Waals surface area (Å²) in [5.74, 6) is 2.73. The Bertz CT molecular complexity index is 1120. The molecule has 0 bridgehead atoms. The van der Waals surface area contributed by atoms with Gasteiger partial charge in [-0.15, -0.1) is 12.4 Å². The van der Waals surface area contributed by atoms with Crippen LogP contribution in [0.25, 0.3) is 0 Å². The third-order valence-corrected chi connectivity index (χ3v) is 7.86. The zero-order valence-electron chi connectivity index (χ0n) is 22.3. The summed E-state index contributed by atoms with van der Waals surface area (Å²) in [6, 6.07) is 10.0. The van der Waals surface area contributed by atoms with Crippen LogP contribution in [0.15, 0.2) is 30.3 Å². The van der Waals surface area contributed by atoms with E-state index in [1.807, 2.05) is 29.2 Å². The molecule has 2 aromatic carbocycles. The Morgan fingerprint density at radius 2 is 1.55 bits per heavy atom. The molecular weight excluding hydrogens is 506 g/mol. The minimum Gasteiger partial charge on any atom is -0.493 e. The van der Waals surface area contributed by atoms with E-state index in [9.17, 15) is 9.59 Å². The van der Waals surface area contributed by atoms with E-state index < -0.39 is 0 Å². The fourth-order valence-corrected chi connectivity index (χ4v) is 5.64. The zero-order chi connectivity index (χ0) is 25.8. The summed E-state index contributed by atoms with van der Waals surface area (Å²) in [5.41, 5.74) is 5.00. The summed E-state index contributed by atoms with van der Waals surface area (Å²) in [6.07, 6.45) is 4.96. The summed E-state index contributed by atoms with van der Waals surface area (Å²) in [7, 11) is 3.30. The van der Waals surface area contributed by atoms with Crippen LogP contribution in [0.4, 0.5) is 4.79 Å². The van der Waals surface area contributed by atoms with E-state index in [2.05, 4.69) is 11.4 Å². The van der Waals surface area contributed by atoms with Gasteiger partial charge in [-0.05, 0) is 78.6 Å². The molecule has 0 radical (unpaired) electrons. The van der Waals surface area contributed by atoms with Crippen LogP contribution in [-0.4, -0.2) is 75.3 Å². The first-order valence-electron chi connectivity index (χ1n) is 13.4. The first-order valence-corrected chi connectivity index (χ1v) is 13.4. The number of methoxy groups -OCH3 is 2. The van der Waals surface area contributed by atoms with Crippen LogP contribution in [-0.2, 0) is 24.1 Å². The van der Waals surface area contributed by atoms with Crippen molar-refractivity contribution in [2.24, 2.45) is 0 Å². The van der Waals surface area contributed by atoms with Crippen molar-refractivity contribution in [3.8, 4) is 17.2 Å². The molecule has 9 heteroatoms. The molecule has 3 aliphatic rings. The molecule has 2 aliphatic heterocycles. The van der Waals surface area contributed by atoms with Gasteiger partial charge in [0.2, 0.25) is 5.91 Å². The van der Waals surface area contributed by atoms with Gasteiger partial charge in [-0.1, -0.05) is 6.07 Å². The maximum Gasteiger partial charge on any atom is 0.415 e. The van der Waals surface area contributed by atoms with Crippen LogP contribution in [0.3, 0.4) is 0 Å². The number of nitrogens with one attached hydrogen (secondary N) is 1. The molecule has 1 saturated heterocycles. The summed E-state index contributed by atoms with van der Waals surface area (Å²) in [4.78, 5) is 28.9. The second-order valence-corrected chi connectivity index (χ2v) is 10.1. The molecule has 38 heavy (non-hydrogen) atoms. The van der Waals surface area contributed by atoms with Crippen molar-refractivity contribution >= 4 is 24.4 Å². The number of carbonyl (C=O) groups excluding carboxylic acids is 2. The highest BCUT2D eigenvalue weighted by atomic mass is 35.5. The maximum atomic E-state index is 12.9. The Hall–Kier alpha value is -2.97. The second-order valence-electron chi connectivity index (χ2n) is 10.1. The third kappa shape index (κ3) is 6.18. The number of benzene rings is 2. The number of nitrogens with zero attached hydrogens (tertiary/aromatic N) is 2. The van der Waals surface area contributed by atoms with Crippen LogP contribution < -0.4 is 19.5 Å². The number of hydrogen-bond acceptors (Lipinski definition) is 6. The van der Waals surface area contributed by atoms with Gasteiger partial charge in [0.15, 0.2) is 11.5 Å². The lowest BCUT2D eigenvalue weighted by Gasteiger charge is -2.31. The Labute approximate surface area is 231 Å². The molecule has 2 amide bonds. The third-order valence-electron chi connectivity index (χ3n) is 7.86. The fourth-order valence-electron chi connectivity index (χ4n) is 5.64. The summed E-state index contributed by atoms with van der Waals surface area (Å²) in [6.45, 7) is 4.54. The SMILES string of the molecule is COc1cc2c(cc1OC)CCN(C(=O)CCNCC1Cc3cc(OC(=O)N4CCCC4)ccc31)CC2.Cl. The Morgan fingerprint density at radius 1 is 0.895 bits per heavy atom. The fraction of sp³-hybridized carbons (Fsp3) is 0.517. The van der Waals surface area contributed by atoms with Crippen molar-refractivity contribution in [3.05, 3.63) is 52.6 Å². The first-order chi connectivity index (χ1) is 18.1. The summed E-state index contributed by atoms with van der Waals surface area (Å²) < 4.78 is 16.4. The van der Waals surface area contributed by atoms with Crippen molar-refractivity contribution in [1.82, 2.24) is 15.1 Å². The van der Waals surface area contributed by atoms with Gasteiger partial charge < -0.3 is 29.3 Å². The highest BCUT2D eigenvalue weighted by Gasteiger charge is 2.27. The van der Waals surface area contributed by atoms with Crippen LogP contribution in [0.5, 0.6) is 17.2 Å². The molecule has 1 aliphatic carbocycles. The lowest BCUT2D eigenvalue weighted by molar-refractivity contribution is -0.131. The van der Waals surface area contributed by atoms with Gasteiger partial charge in [-0.3, -0.25) is 4.79 Å². The average molecular weight is 544 g/mol. The highest BCUT2D eigenvalue weighted by molar-refractivity contribution is 5.85. The number of hydrogen-bond donors (Lipinski definition) is 1. The molecule has 2 heterocycles. The van der Waals surface area contributed by atoms with E-state index in [0.29, 0.717) is 24.6 Å². The molecule has 1 N–H and O–H groups in total. The van der Waals surface area contributed by atoms with Gasteiger partial charge in [-0.25, -0.2) is 4.79 Å². The minimum absolute atomic E-state index is 0. The van der Waals surface area contributed by atoms with E-state index in [1.165, 1.54) is 22.3 Å². The number of ether oxygens (including phenoxy) is 3. The topological polar surface area (TPSA) is 80.3 Å². The van der Waals surface area contributed by atoms with Crippen LogP contribution in [0.2, 0.25) is 0 Å². The number of fused-ring (bicyclic) bond motifs is 2. The summed E-state index contributed by atoms with van der Waals surface area (Å²) >= 11 is 0. The van der Waals surface area contributed by atoms with E-state index in [-0.39, 0.29) is 24.4 Å². The molecule has 2 aromatic rings. The van der Waals surface area contributed by atoms with Gasteiger partial charge in [0.1, 0.15) is 5.75 Å². The smallest absolute Gasteiger partial charge is 0.415 e. The van der Waals surface area contributed by atoms with Crippen LogP contribution in [0, 0.1) is 0 Å². The number of rotatable bonds is 8. The zero-order valence-corrected chi connectivity index (χ0v) is 23.1. The molecule has 0 aromatic heterocycles. The van der Waals surface area contributed by atoms with Crippen molar-refractivity contribution < 1.29 is 23.8 Å². The van der Waals surface area contributed by atoms with Crippen LogP contribution in [0.1, 0.15) is 47.4 Å². The molecule has 5 rings (SSSR count). The molecule has 206 valence electrons. The molecule has 1 fully saturated rings. The second kappa shape index (κ2) is 12.7. The normalized spacial score (nSPS) is 17.9. The molecule has 1 unspecified atom stereocenters. The quantitative estimate of drug-likeness (QED) is 0.508. The average Bonchev–Trinajstić information content (AvgIpc) is 3.36. The molecule has 0 spiro atoms. The molecule has 0 saturated carbocycles. The van der Waals surface area contributed by atoms with Gasteiger partial charge >= 0.3 is 6.09 Å². The summed E-state index contributed by atoms with van der Waals surface area (Å²) in [5, 5.41) is 3.47. The Balaban J connectivity index is 0.00000336. The lowest BCUT2D eigenvalue weighted by Crippen LogP contribution is -2.36. The molecule has 8 nitrogen and oxygen atoms in total.